The Bertz CT molecular complexity index is 1070. The minimum absolute atomic E-state index is 0.749. The van der Waals surface area contributed by atoms with Gasteiger partial charge >= 0.3 is 0 Å². The van der Waals surface area contributed by atoms with Gasteiger partial charge in [0, 0.05) is 24.7 Å². The van der Waals surface area contributed by atoms with E-state index >= 15 is 0 Å². The van der Waals surface area contributed by atoms with Crippen molar-refractivity contribution in [3.8, 4) is 0 Å². The maximum atomic E-state index is 5.46. The first-order valence-electron chi connectivity index (χ1n) is 8.66. The van der Waals surface area contributed by atoms with Crippen LogP contribution in [0.1, 0.15) is 0 Å². The zero-order chi connectivity index (χ0) is 17.3. The Morgan fingerprint density at radius 2 is 2.00 bits per heavy atom. The molecule has 7 nitrogen and oxygen atoms in total. The number of aromatic amines is 1. The average molecular weight is 346 g/mol. The summed E-state index contributed by atoms with van der Waals surface area (Å²) in [5.74, 6) is 0.749. The molecule has 4 heterocycles. The summed E-state index contributed by atoms with van der Waals surface area (Å²) in [6.07, 6.45) is 3.60. The lowest BCUT2D eigenvalue weighted by atomic mass is 10.1. The van der Waals surface area contributed by atoms with Crippen LogP contribution in [0.2, 0.25) is 0 Å². The SMILES string of the molecule is c1cc(N2CCOCC2)c2ncc(Nc3n[nH]c4ncccc34)cc2c1. The molecule has 3 aromatic heterocycles. The minimum Gasteiger partial charge on any atom is -0.378 e. The van der Waals surface area contributed by atoms with Gasteiger partial charge in [-0.05, 0) is 24.3 Å². The number of morpholine rings is 1. The van der Waals surface area contributed by atoms with Crippen molar-refractivity contribution in [3.05, 3.63) is 48.8 Å². The Morgan fingerprint density at radius 3 is 2.92 bits per heavy atom. The fourth-order valence-corrected chi connectivity index (χ4v) is 3.36. The summed E-state index contributed by atoms with van der Waals surface area (Å²) in [4.78, 5) is 11.3. The topological polar surface area (TPSA) is 79.0 Å². The van der Waals surface area contributed by atoms with Gasteiger partial charge in [-0.15, -0.1) is 0 Å². The van der Waals surface area contributed by atoms with Crippen molar-refractivity contribution in [2.24, 2.45) is 0 Å². The molecule has 26 heavy (non-hydrogen) atoms. The number of anilines is 3. The predicted octanol–water partition coefficient (Wildman–Crippen LogP) is 3.09. The van der Waals surface area contributed by atoms with E-state index in [-0.39, 0.29) is 0 Å². The van der Waals surface area contributed by atoms with E-state index in [1.807, 2.05) is 18.3 Å². The maximum absolute atomic E-state index is 5.46. The van der Waals surface area contributed by atoms with Gasteiger partial charge in [0.2, 0.25) is 0 Å². The van der Waals surface area contributed by atoms with E-state index in [4.69, 9.17) is 9.72 Å². The van der Waals surface area contributed by atoms with Crippen molar-refractivity contribution in [1.82, 2.24) is 20.2 Å². The first kappa shape index (κ1) is 15.1. The lowest BCUT2D eigenvalue weighted by Gasteiger charge is -2.29. The van der Waals surface area contributed by atoms with E-state index in [9.17, 15) is 0 Å². The summed E-state index contributed by atoms with van der Waals surface area (Å²) in [5, 5.41) is 12.6. The van der Waals surface area contributed by atoms with E-state index in [0.29, 0.717) is 0 Å². The minimum atomic E-state index is 0.749. The van der Waals surface area contributed by atoms with Crippen LogP contribution >= 0.6 is 0 Å². The number of ether oxygens (including phenoxy) is 1. The monoisotopic (exact) mass is 346 g/mol. The van der Waals surface area contributed by atoms with Gasteiger partial charge in [0.25, 0.3) is 0 Å². The van der Waals surface area contributed by atoms with Gasteiger partial charge < -0.3 is 15.0 Å². The third kappa shape index (κ3) is 2.62. The van der Waals surface area contributed by atoms with Crippen LogP contribution < -0.4 is 10.2 Å². The van der Waals surface area contributed by atoms with Crippen molar-refractivity contribution < 1.29 is 4.74 Å². The largest absolute Gasteiger partial charge is 0.378 e. The molecule has 0 spiro atoms. The van der Waals surface area contributed by atoms with Crippen LogP contribution in [-0.4, -0.2) is 46.5 Å². The zero-order valence-corrected chi connectivity index (χ0v) is 14.1. The first-order chi connectivity index (χ1) is 12.9. The Balaban J connectivity index is 1.50. The summed E-state index contributed by atoms with van der Waals surface area (Å²) in [6.45, 7) is 3.31. The number of aromatic nitrogens is 4. The van der Waals surface area contributed by atoms with Crippen LogP contribution in [-0.2, 0) is 4.74 Å². The first-order valence-corrected chi connectivity index (χ1v) is 8.66. The molecule has 0 unspecified atom stereocenters. The number of benzene rings is 1. The maximum Gasteiger partial charge on any atom is 0.161 e. The van der Waals surface area contributed by atoms with Crippen molar-refractivity contribution in [2.45, 2.75) is 0 Å². The van der Waals surface area contributed by atoms with E-state index in [1.54, 1.807) is 6.20 Å². The predicted molar refractivity (Wildman–Crippen MR) is 102 cm³/mol. The number of hydrogen-bond acceptors (Lipinski definition) is 6. The van der Waals surface area contributed by atoms with Crippen LogP contribution in [0, 0.1) is 0 Å². The normalized spacial score (nSPS) is 14.8. The Labute approximate surface area is 150 Å². The van der Waals surface area contributed by atoms with Crippen molar-refractivity contribution in [2.75, 3.05) is 36.5 Å². The van der Waals surface area contributed by atoms with Gasteiger partial charge in [0.1, 0.15) is 0 Å². The number of hydrogen-bond donors (Lipinski definition) is 2. The van der Waals surface area contributed by atoms with E-state index < -0.39 is 0 Å². The molecule has 1 aliphatic heterocycles. The van der Waals surface area contributed by atoms with Gasteiger partial charge in [-0.2, -0.15) is 5.10 Å². The van der Waals surface area contributed by atoms with Crippen LogP contribution in [0.3, 0.4) is 0 Å². The number of rotatable bonds is 3. The number of fused-ring (bicyclic) bond motifs is 2. The standard InChI is InChI=1S/C19H18N6O/c1-3-13-11-14(22-19-15-4-2-6-20-18(15)23-24-19)12-21-17(13)16(5-1)25-7-9-26-10-8-25/h1-6,11-12H,7-10H2,(H2,20,22,23,24). The lowest BCUT2D eigenvalue weighted by Crippen LogP contribution is -2.36. The molecule has 0 bridgehead atoms. The second-order valence-electron chi connectivity index (χ2n) is 6.27. The van der Waals surface area contributed by atoms with Crippen molar-refractivity contribution in [1.29, 1.82) is 0 Å². The molecule has 2 N–H and O–H groups in total. The highest BCUT2D eigenvalue weighted by atomic mass is 16.5. The average Bonchev–Trinajstić information content (AvgIpc) is 3.11. The highest BCUT2D eigenvalue weighted by Crippen LogP contribution is 2.29. The van der Waals surface area contributed by atoms with Gasteiger partial charge in [0.05, 0.1) is 41.7 Å². The smallest absolute Gasteiger partial charge is 0.161 e. The molecule has 1 aromatic carbocycles. The van der Waals surface area contributed by atoms with Gasteiger partial charge in [0.15, 0.2) is 11.5 Å². The summed E-state index contributed by atoms with van der Waals surface area (Å²) < 4.78 is 5.46. The van der Waals surface area contributed by atoms with Crippen LogP contribution in [0.5, 0.6) is 0 Å². The van der Waals surface area contributed by atoms with Crippen molar-refractivity contribution in [3.63, 3.8) is 0 Å². The number of H-pyrrole nitrogens is 1. The summed E-state index contributed by atoms with van der Waals surface area (Å²) in [5.41, 5.74) is 3.83. The van der Waals surface area contributed by atoms with Gasteiger partial charge in [-0.1, -0.05) is 12.1 Å². The van der Waals surface area contributed by atoms with E-state index in [0.717, 1.165) is 65.4 Å². The summed E-state index contributed by atoms with van der Waals surface area (Å²) in [6, 6.07) is 12.3. The number of para-hydroxylation sites is 1. The van der Waals surface area contributed by atoms with Gasteiger partial charge in [-0.25, -0.2) is 4.98 Å². The van der Waals surface area contributed by atoms with Crippen LogP contribution in [0.25, 0.3) is 21.9 Å². The molecular weight excluding hydrogens is 328 g/mol. The molecule has 0 aliphatic carbocycles. The molecule has 1 fully saturated rings. The molecule has 5 rings (SSSR count). The summed E-state index contributed by atoms with van der Waals surface area (Å²) in [7, 11) is 0. The third-order valence-electron chi connectivity index (χ3n) is 4.64. The molecule has 1 saturated heterocycles. The summed E-state index contributed by atoms with van der Waals surface area (Å²) >= 11 is 0. The number of nitrogens with zero attached hydrogens (tertiary/aromatic N) is 4. The number of pyridine rings is 2. The molecular formula is C19H18N6O. The van der Waals surface area contributed by atoms with Gasteiger partial charge in [-0.3, -0.25) is 10.1 Å². The zero-order valence-electron chi connectivity index (χ0n) is 14.1. The second-order valence-corrected chi connectivity index (χ2v) is 6.27. The molecule has 130 valence electrons. The van der Waals surface area contributed by atoms with Crippen LogP contribution in [0.15, 0.2) is 48.8 Å². The van der Waals surface area contributed by atoms with E-state index in [2.05, 4.69) is 49.7 Å². The quantitative estimate of drug-likeness (QED) is 0.593. The molecule has 0 amide bonds. The molecule has 0 radical (unpaired) electrons. The highest BCUT2D eigenvalue weighted by Gasteiger charge is 2.15. The fourth-order valence-electron chi connectivity index (χ4n) is 3.36. The van der Waals surface area contributed by atoms with E-state index in [1.165, 1.54) is 0 Å². The highest BCUT2D eigenvalue weighted by molar-refractivity contribution is 5.94. The number of nitrogens with one attached hydrogen (secondary N) is 2. The molecule has 4 aromatic rings. The Kier molecular flexibility index (Phi) is 3.64. The third-order valence-corrected chi connectivity index (χ3v) is 4.64. The lowest BCUT2D eigenvalue weighted by molar-refractivity contribution is 0.123. The Hall–Kier alpha value is -3.19. The fraction of sp³-hybridized carbons (Fsp3) is 0.211. The molecule has 0 atom stereocenters. The molecule has 0 saturated carbocycles. The molecule has 1 aliphatic rings. The Morgan fingerprint density at radius 1 is 1.08 bits per heavy atom. The van der Waals surface area contributed by atoms with Crippen molar-refractivity contribution >= 4 is 39.1 Å². The van der Waals surface area contributed by atoms with Crippen LogP contribution in [0.4, 0.5) is 17.2 Å². The molecule has 7 heteroatoms. The second kappa shape index (κ2) is 6.27.